The topological polar surface area (TPSA) is 24.9 Å². The van der Waals surface area contributed by atoms with Gasteiger partial charge in [0.25, 0.3) is 0 Å². The van der Waals surface area contributed by atoms with Crippen LogP contribution in [0.15, 0.2) is 340 Å². The number of nitrogens with zero attached hydrogens (tertiary/aromatic N) is 2. The third kappa shape index (κ3) is 10.6. The van der Waals surface area contributed by atoms with Crippen molar-refractivity contribution in [3.05, 3.63) is 340 Å². The molecule has 4 nitrogen and oxygen atoms in total. The zero-order valence-electron chi connectivity index (χ0n) is 50.0. The van der Waals surface area contributed by atoms with Crippen LogP contribution in [0.1, 0.15) is 0 Å². The molecule has 428 valence electrons. The van der Waals surface area contributed by atoms with E-state index in [4.69, 9.17) is 9.47 Å². The van der Waals surface area contributed by atoms with Crippen LogP contribution in [0, 0.1) is 0 Å². The van der Waals surface area contributed by atoms with Gasteiger partial charge in [-0.25, -0.2) is 0 Å². The summed E-state index contributed by atoms with van der Waals surface area (Å²) in [6.45, 7) is 0. The Morgan fingerprint density at radius 3 is 0.944 bits per heavy atom. The minimum Gasteiger partial charge on any atom is -0.497 e. The molecule has 0 aliphatic carbocycles. The molecule has 4 heteroatoms. The van der Waals surface area contributed by atoms with E-state index in [2.05, 4.69) is 337 Å². The van der Waals surface area contributed by atoms with E-state index >= 15 is 0 Å². The van der Waals surface area contributed by atoms with Gasteiger partial charge in [-0.3, -0.25) is 0 Å². The molecule has 0 unspecified atom stereocenters. The molecule has 0 spiro atoms. The average molecular weight is 1160 g/mol. The first kappa shape index (κ1) is 54.9. The molecule has 16 aromatic rings. The van der Waals surface area contributed by atoms with Gasteiger partial charge in [0.05, 0.1) is 19.9 Å². The van der Waals surface area contributed by atoms with E-state index in [1.54, 1.807) is 14.2 Å². The highest BCUT2D eigenvalue weighted by Gasteiger charge is 2.20. The predicted octanol–water partition coefficient (Wildman–Crippen LogP) is 23.9. The Morgan fingerprint density at radius 2 is 0.511 bits per heavy atom. The summed E-state index contributed by atoms with van der Waals surface area (Å²) in [5.41, 5.74) is 16.6. The summed E-state index contributed by atoms with van der Waals surface area (Å²) in [4.78, 5) is 4.67. The minimum atomic E-state index is 0.879. The molecule has 0 N–H and O–H groups in total. The number of ether oxygens (including phenoxy) is 2. The summed E-state index contributed by atoms with van der Waals surface area (Å²) in [7, 11) is 3.41. The average Bonchev–Trinajstić information content (AvgIpc) is 1.14. The fourth-order valence-electron chi connectivity index (χ4n) is 13.1. The Labute approximate surface area is 525 Å². The SMILES string of the molecule is COc1ccc2cc(-c3cccc4c(-c5ccc6cc(OC)ccc6c5)cccc34)ccc2c1.c1ccc(N(c2ccccc2)c2ccc3cc(-c4cccc5c(-c6ccc(N(c7ccccc7)c7ccccc7)c7ccccc67)cccc45)ccc3c2)cc1. The van der Waals surface area contributed by atoms with Gasteiger partial charge in [0.15, 0.2) is 0 Å². The molecule has 0 saturated carbocycles. The molecule has 0 aromatic heterocycles. The molecule has 0 saturated heterocycles. The zero-order chi connectivity index (χ0) is 60.3. The Bertz CT molecular complexity index is 5080. The summed E-state index contributed by atoms with van der Waals surface area (Å²) >= 11 is 0. The first-order chi connectivity index (χ1) is 44.5. The molecule has 90 heavy (non-hydrogen) atoms. The highest BCUT2D eigenvalue weighted by molar-refractivity contribution is 6.13. The third-order valence-corrected chi connectivity index (χ3v) is 17.4. The van der Waals surface area contributed by atoms with Crippen molar-refractivity contribution in [2.24, 2.45) is 0 Å². The van der Waals surface area contributed by atoms with E-state index in [-0.39, 0.29) is 0 Å². The lowest BCUT2D eigenvalue weighted by molar-refractivity contribution is 0.415. The summed E-state index contributed by atoms with van der Waals surface area (Å²) < 4.78 is 10.8. The summed E-state index contributed by atoms with van der Waals surface area (Å²) in [5.74, 6) is 1.76. The van der Waals surface area contributed by atoms with Crippen LogP contribution in [-0.2, 0) is 0 Å². The molecule has 16 rings (SSSR count). The number of anilines is 6. The van der Waals surface area contributed by atoms with E-state index in [9.17, 15) is 0 Å². The van der Waals surface area contributed by atoms with Crippen molar-refractivity contribution >= 4 is 98.8 Å². The molecule has 0 fully saturated rings. The summed E-state index contributed by atoms with van der Waals surface area (Å²) in [6.07, 6.45) is 0. The lowest BCUT2D eigenvalue weighted by Crippen LogP contribution is -2.10. The Hall–Kier alpha value is -11.7. The molecule has 0 amide bonds. The molecular formula is C86H62N2O2. The van der Waals surface area contributed by atoms with Crippen LogP contribution in [0.2, 0.25) is 0 Å². The maximum atomic E-state index is 5.38. The van der Waals surface area contributed by atoms with Gasteiger partial charge in [-0.1, -0.05) is 231 Å². The van der Waals surface area contributed by atoms with Crippen molar-refractivity contribution in [3.8, 4) is 56.0 Å². The number of rotatable bonds is 12. The fraction of sp³-hybridized carbons (Fsp3) is 0.0233. The van der Waals surface area contributed by atoms with Crippen LogP contribution in [0.5, 0.6) is 11.5 Å². The van der Waals surface area contributed by atoms with E-state index in [1.807, 2.05) is 12.1 Å². The Morgan fingerprint density at radius 1 is 0.200 bits per heavy atom. The highest BCUT2D eigenvalue weighted by atomic mass is 16.5. The Kier molecular flexibility index (Phi) is 14.8. The van der Waals surface area contributed by atoms with Crippen molar-refractivity contribution < 1.29 is 9.47 Å². The largest absolute Gasteiger partial charge is 0.497 e. The third-order valence-electron chi connectivity index (χ3n) is 17.4. The zero-order valence-corrected chi connectivity index (χ0v) is 50.0. The van der Waals surface area contributed by atoms with Crippen LogP contribution in [0.3, 0.4) is 0 Å². The van der Waals surface area contributed by atoms with Gasteiger partial charge < -0.3 is 19.3 Å². The second-order valence-electron chi connectivity index (χ2n) is 22.7. The molecule has 0 radical (unpaired) electrons. The number of para-hydroxylation sites is 4. The molecule has 16 aromatic carbocycles. The monoisotopic (exact) mass is 1150 g/mol. The molecule has 0 bridgehead atoms. The second kappa shape index (κ2) is 24.2. The van der Waals surface area contributed by atoms with Crippen molar-refractivity contribution in [3.63, 3.8) is 0 Å². The van der Waals surface area contributed by atoms with Crippen molar-refractivity contribution in [2.75, 3.05) is 24.0 Å². The molecule has 0 atom stereocenters. The van der Waals surface area contributed by atoms with Crippen molar-refractivity contribution in [1.29, 1.82) is 0 Å². The van der Waals surface area contributed by atoms with Crippen LogP contribution in [0.25, 0.3) is 109 Å². The number of methoxy groups -OCH3 is 2. The number of hydrogen-bond donors (Lipinski definition) is 0. The first-order valence-corrected chi connectivity index (χ1v) is 30.6. The number of fused-ring (bicyclic) bond motifs is 6. The van der Waals surface area contributed by atoms with Crippen LogP contribution >= 0.6 is 0 Å². The minimum absolute atomic E-state index is 0.879. The normalized spacial score (nSPS) is 11.2. The maximum absolute atomic E-state index is 5.38. The lowest BCUT2D eigenvalue weighted by atomic mass is 9.90. The fourth-order valence-corrected chi connectivity index (χ4v) is 13.1. The van der Waals surface area contributed by atoms with Crippen LogP contribution in [-0.4, -0.2) is 14.2 Å². The van der Waals surface area contributed by atoms with Gasteiger partial charge in [0.1, 0.15) is 11.5 Å². The molecular weight excluding hydrogens is 1090 g/mol. The summed E-state index contributed by atoms with van der Waals surface area (Å²) in [6, 6.07) is 122. The smallest absolute Gasteiger partial charge is 0.119 e. The van der Waals surface area contributed by atoms with E-state index in [0.717, 1.165) is 45.6 Å². The van der Waals surface area contributed by atoms with E-state index in [1.165, 1.54) is 109 Å². The predicted molar refractivity (Wildman–Crippen MR) is 382 cm³/mol. The van der Waals surface area contributed by atoms with Crippen molar-refractivity contribution in [1.82, 2.24) is 0 Å². The quantitative estimate of drug-likeness (QED) is 0.122. The van der Waals surface area contributed by atoms with Crippen molar-refractivity contribution in [2.45, 2.75) is 0 Å². The van der Waals surface area contributed by atoms with Gasteiger partial charge in [-0.2, -0.15) is 0 Å². The summed E-state index contributed by atoms with van der Waals surface area (Å²) in [5, 5.41) is 14.6. The highest BCUT2D eigenvalue weighted by Crippen LogP contribution is 2.45. The van der Waals surface area contributed by atoms with Crippen LogP contribution < -0.4 is 19.3 Å². The Balaban J connectivity index is 0.000000170. The molecule has 0 aliphatic rings. The van der Waals surface area contributed by atoms with Gasteiger partial charge in [0.2, 0.25) is 0 Å². The van der Waals surface area contributed by atoms with Gasteiger partial charge >= 0.3 is 0 Å². The van der Waals surface area contributed by atoms with Gasteiger partial charge in [0, 0.05) is 33.8 Å². The number of hydrogen-bond acceptors (Lipinski definition) is 4. The second-order valence-corrected chi connectivity index (χ2v) is 22.7. The van der Waals surface area contributed by atoms with E-state index in [0.29, 0.717) is 0 Å². The first-order valence-electron chi connectivity index (χ1n) is 30.6. The molecule has 0 aliphatic heterocycles. The molecule has 0 heterocycles. The van der Waals surface area contributed by atoms with Gasteiger partial charge in [-0.05, 0) is 213 Å². The van der Waals surface area contributed by atoms with Gasteiger partial charge in [-0.15, -0.1) is 0 Å². The van der Waals surface area contributed by atoms with Crippen LogP contribution in [0.4, 0.5) is 34.1 Å². The lowest BCUT2D eigenvalue weighted by Gasteiger charge is -2.27. The maximum Gasteiger partial charge on any atom is 0.119 e. The number of benzene rings is 16. The standard InChI is InChI=1S/C54H38N2.C32H24O2/c1-5-17-42(18-6-1)55(43-19-7-2-8-20-43)46-34-33-39-37-41(32-31-40(39)38-46)47-27-15-29-49-48(47)28-16-30-50(49)52-35-36-54(53-26-14-13-25-51(52)53)56(44-21-9-3-10-22-44)45-23-11-4-12-24-45;1-33-27-15-13-21-17-25(11-9-23(21)19-27)29-5-3-8-32-30(6-4-7-31(29)32)26-12-10-24-20-28(34-2)16-14-22(24)18-26/h1-38H;3-20H,1-2H3. The van der Waals surface area contributed by atoms with E-state index < -0.39 is 0 Å².